The molecular formula is C37H64N2O4. The van der Waals surface area contributed by atoms with Crippen molar-refractivity contribution in [2.75, 3.05) is 0 Å². The number of ether oxygens (including phenoxy) is 1. The third-order valence-corrected chi connectivity index (χ3v) is 12.8. The number of amides is 1. The van der Waals surface area contributed by atoms with Gasteiger partial charge >= 0.3 is 5.97 Å². The summed E-state index contributed by atoms with van der Waals surface area (Å²) in [4.78, 5) is 25.9. The van der Waals surface area contributed by atoms with Crippen molar-refractivity contribution in [3.63, 3.8) is 0 Å². The Balaban J connectivity index is 1.39. The lowest BCUT2D eigenvalue weighted by Gasteiger charge is -2.58. The average Bonchev–Trinajstić information content (AvgIpc) is 3.27. The van der Waals surface area contributed by atoms with Crippen molar-refractivity contribution in [2.45, 2.75) is 157 Å². The molecule has 0 aromatic heterocycles. The van der Waals surface area contributed by atoms with Crippen LogP contribution in [0.3, 0.4) is 0 Å². The maximum Gasteiger partial charge on any atom is 0.329 e. The van der Waals surface area contributed by atoms with Crippen LogP contribution >= 0.6 is 0 Å². The molecule has 43 heavy (non-hydrogen) atoms. The molecule has 0 aromatic carbocycles. The molecule has 0 heterocycles. The Morgan fingerprint density at radius 3 is 2.37 bits per heavy atom. The van der Waals surface area contributed by atoms with Gasteiger partial charge < -0.3 is 20.9 Å². The first-order chi connectivity index (χ1) is 20.0. The van der Waals surface area contributed by atoms with Crippen molar-refractivity contribution in [3.05, 3.63) is 11.6 Å². The number of hydrogen-bond acceptors (Lipinski definition) is 5. The Hall–Kier alpha value is -1.40. The van der Waals surface area contributed by atoms with Gasteiger partial charge in [0, 0.05) is 6.42 Å². The summed E-state index contributed by atoms with van der Waals surface area (Å²) in [6, 6.07) is -1.32. The Bertz CT molecular complexity index is 1030. The first kappa shape index (κ1) is 34.5. The van der Waals surface area contributed by atoms with Crippen LogP contribution in [-0.4, -0.2) is 40.8 Å². The van der Waals surface area contributed by atoms with Crippen molar-refractivity contribution >= 4 is 11.9 Å². The number of aliphatic hydroxyl groups is 1. The number of nitrogens with two attached hydrogens (primary N) is 1. The standard InChI is InChI=1S/C37H64N2O4/c1-22(2)31(38)33(40)39-32(23(3)4)34(41)43-26-16-19-36(8)25(21-26)12-13-27-29-15-14-28(37(29,9)20-17-30(27)36)24(5)11-10-18-35(6,7)42/h12,22-24,26-32,42H,10-11,13-21,38H2,1-9H3,(H,39,40)/t24-,26+,27+,28-,29+,30+,31+,32+,36+,37-/m1/s1. The minimum Gasteiger partial charge on any atom is -0.461 e. The third kappa shape index (κ3) is 7.21. The number of allylic oxidation sites excluding steroid dienone is 1. The monoisotopic (exact) mass is 600 g/mol. The first-order valence-corrected chi connectivity index (χ1v) is 17.7. The molecule has 4 aliphatic rings. The number of carbonyl (C=O) groups excluding carboxylic acids is 2. The van der Waals surface area contributed by atoms with Crippen LogP contribution in [0.2, 0.25) is 0 Å². The van der Waals surface area contributed by atoms with E-state index in [2.05, 4.69) is 32.2 Å². The van der Waals surface area contributed by atoms with Gasteiger partial charge in [-0.15, -0.1) is 0 Å². The van der Waals surface area contributed by atoms with Gasteiger partial charge in [0.15, 0.2) is 0 Å². The third-order valence-electron chi connectivity index (χ3n) is 12.8. The smallest absolute Gasteiger partial charge is 0.329 e. The predicted octanol–water partition coefficient (Wildman–Crippen LogP) is 7.18. The van der Waals surface area contributed by atoms with Crippen LogP contribution in [0.5, 0.6) is 0 Å². The van der Waals surface area contributed by atoms with Crippen molar-refractivity contribution in [2.24, 2.45) is 58.0 Å². The van der Waals surface area contributed by atoms with Crippen molar-refractivity contribution < 1.29 is 19.4 Å². The Kier molecular flexibility index (Phi) is 10.5. The van der Waals surface area contributed by atoms with Gasteiger partial charge in [0.1, 0.15) is 12.1 Å². The Morgan fingerprint density at radius 2 is 1.74 bits per heavy atom. The van der Waals surface area contributed by atoms with E-state index >= 15 is 0 Å². The molecule has 0 aromatic rings. The minimum absolute atomic E-state index is 0.00241. The molecule has 4 N–H and O–H groups in total. The van der Waals surface area contributed by atoms with Crippen LogP contribution in [0, 0.1) is 52.3 Å². The molecule has 246 valence electrons. The van der Waals surface area contributed by atoms with Gasteiger partial charge in [0.2, 0.25) is 5.91 Å². The molecule has 0 aliphatic heterocycles. The summed E-state index contributed by atoms with van der Waals surface area (Å²) in [5, 5.41) is 13.1. The number of rotatable bonds is 11. The molecule has 3 fully saturated rings. The highest BCUT2D eigenvalue weighted by Crippen LogP contribution is 2.67. The first-order valence-electron chi connectivity index (χ1n) is 17.7. The van der Waals surface area contributed by atoms with Crippen LogP contribution in [-0.2, 0) is 14.3 Å². The number of carbonyl (C=O) groups is 2. The van der Waals surface area contributed by atoms with E-state index in [-0.39, 0.29) is 35.2 Å². The molecule has 0 radical (unpaired) electrons. The molecular weight excluding hydrogens is 536 g/mol. The van der Waals surface area contributed by atoms with Crippen LogP contribution in [0.1, 0.15) is 133 Å². The van der Waals surface area contributed by atoms with E-state index in [4.69, 9.17) is 10.5 Å². The molecule has 10 atom stereocenters. The van der Waals surface area contributed by atoms with E-state index in [1.54, 1.807) is 0 Å². The van der Waals surface area contributed by atoms with Gasteiger partial charge in [-0.05, 0) is 117 Å². The summed E-state index contributed by atoms with van der Waals surface area (Å²) < 4.78 is 6.11. The fourth-order valence-electron chi connectivity index (χ4n) is 10.0. The molecule has 6 heteroatoms. The molecule has 6 nitrogen and oxygen atoms in total. The normalized spacial score (nSPS) is 36.2. The van der Waals surface area contributed by atoms with E-state index in [9.17, 15) is 14.7 Å². The maximum atomic E-state index is 13.3. The molecule has 0 bridgehead atoms. The maximum absolute atomic E-state index is 13.3. The quantitative estimate of drug-likeness (QED) is 0.172. The lowest BCUT2D eigenvalue weighted by atomic mass is 9.47. The van der Waals surface area contributed by atoms with Gasteiger partial charge in [-0.3, -0.25) is 4.79 Å². The SMILES string of the molecule is CC(C)[C@H](N)C(=O)N[C@H](C(=O)O[C@H]1CC[C@@]2(C)C(=CC[C@H]3[C@@H]4CC[C@H]([C@H](C)CCCC(C)(C)O)[C@@]4(C)CC[C@@H]32)C1)C(C)C. The van der Waals surface area contributed by atoms with E-state index in [0.717, 1.165) is 56.3 Å². The number of nitrogens with one attached hydrogen (secondary N) is 1. The van der Waals surface area contributed by atoms with Gasteiger partial charge in [0.25, 0.3) is 0 Å². The lowest BCUT2D eigenvalue weighted by molar-refractivity contribution is -0.156. The van der Waals surface area contributed by atoms with Crippen molar-refractivity contribution in [3.8, 4) is 0 Å². The molecule has 1 amide bonds. The van der Waals surface area contributed by atoms with Crippen molar-refractivity contribution in [1.82, 2.24) is 5.32 Å². The Labute approximate surface area is 262 Å². The molecule has 4 rings (SSSR count). The zero-order valence-electron chi connectivity index (χ0n) is 28.9. The Morgan fingerprint density at radius 1 is 1.05 bits per heavy atom. The summed E-state index contributed by atoms with van der Waals surface area (Å²) in [7, 11) is 0. The fraction of sp³-hybridized carbons (Fsp3) is 0.892. The zero-order valence-corrected chi connectivity index (χ0v) is 28.9. The highest BCUT2D eigenvalue weighted by molar-refractivity contribution is 5.87. The van der Waals surface area contributed by atoms with Crippen LogP contribution < -0.4 is 11.1 Å². The number of esters is 1. The summed E-state index contributed by atoms with van der Waals surface area (Å²) >= 11 is 0. The second-order valence-corrected chi connectivity index (χ2v) is 17.0. The number of fused-ring (bicyclic) bond motifs is 5. The number of hydrogen-bond donors (Lipinski definition) is 3. The highest BCUT2D eigenvalue weighted by Gasteiger charge is 2.59. The van der Waals surface area contributed by atoms with Gasteiger partial charge in [-0.2, -0.15) is 0 Å². The van der Waals surface area contributed by atoms with E-state index in [1.165, 1.54) is 37.7 Å². The highest BCUT2D eigenvalue weighted by atomic mass is 16.5. The van der Waals surface area contributed by atoms with E-state index in [0.29, 0.717) is 17.3 Å². The topological polar surface area (TPSA) is 102 Å². The largest absolute Gasteiger partial charge is 0.461 e. The summed E-state index contributed by atoms with van der Waals surface area (Å²) in [5.41, 5.74) is 7.61. The van der Waals surface area contributed by atoms with Gasteiger partial charge in [-0.1, -0.05) is 73.0 Å². The molecule has 0 unspecified atom stereocenters. The fourth-order valence-corrected chi connectivity index (χ4v) is 10.0. The zero-order chi connectivity index (χ0) is 31.9. The summed E-state index contributed by atoms with van der Waals surface area (Å²) in [5.74, 6) is 3.08. The summed E-state index contributed by atoms with van der Waals surface area (Å²) in [6.07, 6.45) is 14.9. The average molecular weight is 601 g/mol. The molecule has 4 aliphatic carbocycles. The molecule has 0 spiro atoms. The summed E-state index contributed by atoms with van der Waals surface area (Å²) in [6.45, 7) is 19.2. The minimum atomic E-state index is -0.681. The second-order valence-electron chi connectivity index (χ2n) is 17.0. The second kappa shape index (κ2) is 13.1. The lowest BCUT2D eigenvalue weighted by Crippen LogP contribution is -2.53. The van der Waals surface area contributed by atoms with Gasteiger partial charge in [-0.25, -0.2) is 4.79 Å². The van der Waals surface area contributed by atoms with E-state index < -0.39 is 17.7 Å². The van der Waals surface area contributed by atoms with Crippen molar-refractivity contribution in [1.29, 1.82) is 0 Å². The van der Waals surface area contributed by atoms with E-state index in [1.807, 2.05) is 41.5 Å². The van der Waals surface area contributed by atoms with Crippen LogP contribution in [0.25, 0.3) is 0 Å². The molecule has 0 saturated heterocycles. The predicted molar refractivity (Wildman–Crippen MR) is 174 cm³/mol. The van der Waals surface area contributed by atoms with Crippen LogP contribution in [0.15, 0.2) is 11.6 Å². The molecule has 3 saturated carbocycles. The van der Waals surface area contributed by atoms with Crippen LogP contribution in [0.4, 0.5) is 0 Å². The van der Waals surface area contributed by atoms with Gasteiger partial charge in [0.05, 0.1) is 11.6 Å².